The van der Waals surface area contributed by atoms with Crippen molar-refractivity contribution in [2.45, 2.75) is 26.2 Å². The number of hydrogen-bond acceptors (Lipinski definition) is 0. The molecule has 2 aliphatic heterocycles. The molecule has 0 unspecified atom stereocenters. The lowest BCUT2D eigenvalue weighted by atomic mass is 9.34. The third kappa shape index (κ3) is 3.10. The molecule has 10 aromatic rings. The van der Waals surface area contributed by atoms with Gasteiger partial charge in [0.25, 0.3) is 6.71 Å². The first-order chi connectivity index (χ1) is 24.5. The molecule has 0 amide bonds. The van der Waals surface area contributed by atoms with Crippen molar-refractivity contribution in [1.29, 1.82) is 0 Å². The van der Waals surface area contributed by atoms with E-state index < -0.39 is 0 Å². The van der Waals surface area contributed by atoms with E-state index in [0.717, 1.165) is 0 Å². The van der Waals surface area contributed by atoms with E-state index >= 15 is 0 Å². The van der Waals surface area contributed by atoms with Crippen LogP contribution in [0.4, 0.5) is 0 Å². The number of rotatable bonds is 1. The van der Waals surface area contributed by atoms with Crippen molar-refractivity contribution in [3.8, 4) is 17.1 Å². The van der Waals surface area contributed by atoms with Crippen LogP contribution in [0.25, 0.3) is 82.5 Å². The van der Waals surface area contributed by atoms with Crippen LogP contribution in [-0.4, -0.2) is 20.4 Å². The molecule has 50 heavy (non-hydrogen) atoms. The molecule has 7 aromatic carbocycles. The van der Waals surface area contributed by atoms with E-state index in [4.69, 9.17) is 0 Å². The van der Waals surface area contributed by atoms with Gasteiger partial charge in [0.15, 0.2) is 0 Å². The average Bonchev–Trinajstić information content (AvgIpc) is 3.79. The summed E-state index contributed by atoms with van der Waals surface area (Å²) in [5.41, 5.74) is 17.0. The predicted octanol–water partition coefficient (Wildman–Crippen LogP) is 9.42. The third-order valence-electron chi connectivity index (χ3n) is 11.7. The van der Waals surface area contributed by atoms with E-state index in [-0.39, 0.29) is 12.1 Å². The van der Waals surface area contributed by atoms with Crippen LogP contribution in [0.2, 0.25) is 0 Å². The zero-order valence-corrected chi connectivity index (χ0v) is 28.2. The first kappa shape index (κ1) is 26.9. The molecule has 0 atom stereocenters. The number of aromatic nitrogens is 3. The Kier molecular flexibility index (Phi) is 4.82. The lowest BCUT2D eigenvalue weighted by Gasteiger charge is -2.35. The Morgan fingerprint density at radius 1 is 0.440 bits per heavy atom. The molecule has 4 heteroatoms. The van der Waals surface area contributed by atoms with Crippen LogP contribution in [-0.2, 0) is 5.41 Å². The topological polar surface area (TPSA) is 14.8 Å². The maximum absolute atomic E-state index is 2.61. The van der Waals surface area contributed by atoms with E-state index in [1.807, 2.05) is 0 Å². The van der Waals surface area contributed by atoms with Crippen molar-refractivity contribution >= 4 is 88.5 Å². The first-order valence-corrected chi connectivity index (χ1v) is 17.7. The molecule has 3 nitrogen and oxygen atoms in total. The molecule has 0 fully saturated rings. The molecule has 5 heterocycles. The van der Waals surface area contributed by atoms with Crippen molar-refractivity contribution in [2.75, 3.05) is 0 Å². The summed E-state index contributed by atoms with van der Waals surface area (Å²) in [6, 6.07) is 52.5. The Morgan fingerprint density at radius 3 is 1.64 bits per heavy atom. The van der Waals surface area contributed by atoms with Gasteiger partial charge >= 0.3 is 0 Å². The van der Waals surface area contributed by atoms with E-state index in [1.54, 1.807) is 0 Å². The first-order valence-electron chi connectivity index (χ1n) is 17.7. The number of benzene rings is 7. The smallest absolute Gasteiger partial charge is 0.252 e. The van der Waals surface area contributed by atoms with Crippen molar-refractivity contribution in [3.05, 3.63) is 145 Å². The molecule has 2 aliphatic rings. The minimum atomic E-state index is -0.0659. The average molecular weight is 638 g/mol. The second-order valence-corrected chi connectivity index (χ2v) is 15.3. The summed E-state index contributed by atoms with van der Waals surface area (Å²) in [6.07, 6.45) is 0. The molecule has 0 radical (unpaired) electrons. The number of fused-ring (bicyclic) bond motifs is 14. The number of hydrogen-bond donors (Lipinski definition) is 0. The summed E-state index contributed by atoms with van der Waals surface area (Å²) < 4.78 is 7.65. The summed E-state index contributed by atoms with van der Waals surface area (Å²) in [4.78, 5) is 0. The minimum Gasteiger partial charge on any atom is -0.310 e. The Labute approximate surface area is 289 Å². The molecule has 0 saturated carbocycles. The lowest BCUT2D eigenvalue weighted by molar-refractivity contribution is 0.596. The van der Waals surface area contributed by atoms with Gasteiger partial charge in [-0.2, -0.15) is 0 Å². The Bertz CT molecular complexity index is 3090. The second-order valence-electron chi connectivity index (χ2n) is 15.3. The van der Waals surface area contributed by atoms with Crippen LogP contribution in [0, 0.1) is 0 Å². The SMILES string of the molecule is CC(C)(C)c1cc2c3c4c1c1ccccc1n4-c1cc(-n4c5ccccc5c5ccccc54)ccc1B3c1cccc3c4ccccc4n-2c13. The van der Waals surface area contributed by atoms with Gasteiger partial charge in [0.2, 0.25) is 0 Å². The van der Waals surface area contributed by atoms with Crippen molar-refractivity contribution in [1.82, 2.24) is 13.7 Å². The Hall–Kier alpha value is -6.00. The fraction of sp³-hybridized carbons (Fsp3) is 0.0870. The molecule has 0 saturated heterocycles. The molecule has 0 aliphatic carbocycles. The summed E-state index contributed by atoms with van der Waals surface area (Å²) >= 11 is 0. The third-order valence-corrected chi connectivity index (χ3v) is 11.7. The van der Waals surface area contributed by atoms with E-state index in [9.17, 15) is 0 Å². The fourth-order valence-corrected chi connectivity index (χ4v) is 9.80. The predicted molar refractivity (Wildman–Crippen MR) is 213 cm³/mol. The molecular formula is C46H32BN3. The molecule has 234 valence electrons. The van der Waals surface area contributed by atoms with Gasteiger partial charge in [-0.25, -0.2) is 0 Å². The van der Waals surface area contributed by atoms with E-state index in [0.29, 0.717) is 0 Å². The minimum absolute atomic E-state index is 0.0659. The maximum Gasteiger partial charge on any atom is 0.252 e. The monoisotopic (exact) mass is 637 g/mol. The highest BCUT2D eigenvalue weighted by molar-refractivity contribution is 7.00. The maximum atomic E-state index is 2.61. The van der Waals surface area contributed by atoms with Gasteiger partial charge in [-0.1, -0.05) is 118 Å². The van der Waals surface area contributed by atoms with Gasteiger partial charge < -0.3 is 13.7 Å². The lowest BCUT2D eigenvalue weighted by Crippen LogP contribution is -2.59. The Balaban J connectivity index is 1.30. The van der Waals surface area contributed by atoms with Gasteiger partial charge in [-0.15, -0.1) is 0 Å². The molecule has 3 aromatic heterocycles. The molecule has 0 bridgehead atoms. The van der Waals surface area contributed by atoms with Gasteiger partial charge in [-0.3, -0.25) is 0 Å². The normalized spacial score (nSPS) is 13.5. The summed E-state index contributed by atoms with van der Waals surface area (Å²) in [5, 5.41) is 7.92. The van der Waals surface area contributed by atoms with Crippen molar-refractivity contribution in [2.24, 2.45) is 0 Å². The van der Waals surface area contributed by atoms with Gasteiger partial charge in [0.05, 0.1) is 27.6 Å². The molecule has 0 spiro atoms. The van der Waals surface area contributed by atoms with Crippen LogP contribution in [0.5, 0.6) is 0 Å². The Morgan fingerprint density at radius 2 is 0.980 bits per heavy atom. The van der Waals surface area contributed by atoms with Gasteiger partial charge in [0, 0.05) is 54.9 Å². The summed E-state index contributed by atoms with van der Waals surface area (Å²) in [6.45, 7) is 7.23. The highest BCUT2D eigenvalue weighted by Crippen LogP contribution is 2.44. The van der Waals surface area contributed by atoms with E-state index in [2.05, 4.69) is 174 Å². The van der Waals surface area contributed by atoms with Crippen LogP contribution in [0.1, 0.15) is 26.3 Å². The zero-order chi connectivity index (χ0) is 33.0. The van der Waals surface area contributed by atoms with Gasteiger partial charge in [0.1, 0.15) is 0 Å². The quantitative estimate of drug-likeness (QED) is 0.159. The standard InChI is InChI=1S/C46H32BN3/c1-46(2,3)33-26-41-43-45-42(33)32-16-7-11-22-39(32)49(45)40-25-27(48-36-19-8-4-13-28(36)29-14-5-9-20-37(29)48)23-24-34(40)47(43)35-18-12-17-31-30-15-6-10-21-38(30)50(41)44(31)35/h4-26H,1-3H3. The van der Waals surface area contributed by atoms with E-state index in [1.165, 1.54) is 104 Å². The highest BCUT2D eigenvalue weighted by Gasteiger charge is 2.42. The van der Waals surface area contributed by atoms with Crippen LogP contribution in [0.15, 0.2) is 140 Å². The highest BCUT2D eigenvalue weighted by atomic mass is 15.0. The number of nitrogens with zero attached hydrogens (tertiary/aromatic N) is 3. The molecule has 0 N–H and O–H groups in total. The largest absolute Gasteiger partial charge is 0.310 e. The van der Waals surface area contributed by atoms with Crippen LogP contribution < -0.4 is 16.4 Å². The second kappa shape index (κ2) is 8.96. The zero-order valence-electron chi connectivity index (χ0n) is 28.2. The van der Waals surface area contributed by atoms with Crippen molar-refractivity contribution < 1.29 is 0 Å². The number of para-hydroxylation sites is 5. The summed E-state index contributed by atoms with van der Waals surface area (Å²) in [5.74, 6) is 0. The van der Waals surface area contributed by atoms with Crippen LogP contribution >= 0.6 is 0 Å². The molecular weight excluding hydrogens is 605 g/mol. The molecule has 12 rings (SSSR count). The summed E-state index contributed by atoms with van der Waals surface area (Å²) in [7, 11) is 0. The van der Waals surface area contributed by atoms with Gasteiger partial charge in [-0.05, 0) is 69.8 Å². The fourth-order valence-electron chi connectivity index (χ4n) is 9.80. The van der Waals surface area contributed by atoms with Crippen LogP contribution in [0.3, 0.4) is 0 Å². The van der Waals surface area contributed by atoms with Crippen molar-refractivity contribution in [3.63, 3.8) is 0 Å².